The van der Waals surface area contributed by atoms with E-state index < -0.39 is 0 Å². The summed E-state index contributed by atoms with van der Waals surface area (Å²) in [4.78, 5) is 11.0. The van der Waals surface area contributed by atoms with Crippen LogP contribution in [0.3, 0.4) is 0 Å². The van der Waals surface area contributed by atoms with Crippen molar-refractivity contribution in [1.82, 2.24) is 5.06 Å². The zero-order valence-electron chi connectivity index (χ0n) is 6.25. The van der Waals surface area contributed by atoms with Gasteiger partial charge in [0.05, 0.1) is 10.5 Å². The fraction of sp³-hybridized carbons (Fsp3) is 0.714. The number of rotatable bonds is 0. The Morgan fingerprint density at radius 2 is 2.09 bits per heavy atom. The molecule has 1 aliphatic heterocycles. The maximum atomic E-state index is 11.0. The Morgan fingerprint density at radius 1 is 1.36 bits per heavy atom. The third kappa shape index (κ3) is 0.939. The first-order valence-corrected chi connectivity index (χ1v) is 3.90. The Balaban J connectivity index is 2.32. The van der Waals surface area contributed by atoms with Gasteiger partial charge in [-0.25, -0.2) is 0 Å². The molecule has 1 heterocycles. The topological polar surface area (TPSA) is 46.4 Å². The molecule has 0 aromatic carbocycles. The quantitative estimate of drug-likeness (QED) is 0.494. The molecule has 0 aromatic heterocycles. The lowest BCUT2D eigenvalue weighted by molar-refractivity contribution is -0.503. The molecule has 0 spiro atoms. The van der Waals surface area contributed by atoms with Gasteiger partial charge in [0.1, 0.15) is 0 Å². The molecule has 0 saturated heterocycles. The lowest BCUT2D eigenvalue weighted by Crippen LogP contribution is -2.14. The van der Waals surface area contributed by atoms with Crippen LogP contribution in [0.2, 0.25) is 0 Å². The van der Waals surface area contributed by atoms with E-state index in [9.17, 15) is 10.1 Å². The molecule has 2 rings (SSSR count). The molecule has 0 N–H and O–H groups in total. The maximum absolute atomic E-state index is 11.0. The molecule has 4 heteroatoms. The van der Waals surface area contributed by atoms with Crippen LogP contribution in [0.1, 0.15) is 25.7 Å². The number of hydrogen-bond donors (Lipinski definition) is 0. The molecule has 0 aromatic rings. The summed E-state index contributed by atoms with van der Waals surface area (Å²) in [6.45, 7) is -0.00926. The van der Waals surface area contributed by atoms with Gasteiger partial charge in [-0.3, -0.25) is 0 Å². The van der Waals surface area contributed by atoms with Crippen LogP contribution in [0.4, 0.5) is 0 Å². The van der Waals surface area contributed by atoms with Crippen molar-refractivity contribution in [2.75, 3.05) is 6.67 Å². The van der Waals surface area contributed by atoms with Gasteiger partial charge in [-0.2, -0.15) is 0 Å². The zero-order chi connectivity index (χ0) is 7.84. The van der Waals surface area contributed by atoms with Crippen LogP contribution in [0.5, 0.6) is 0 Å². The second-order valence-corrected chi connectivity index (χ2v) is 3.00. The van der Waals surface area contributed by atoms with E-state index in [0.717, 1.165) is 46.9 Å². The summed E-state index contributed by atoms with van der Waals surface area (Å²) >= 11 is 0. The second kappa shape index (κ2) is 2.30. The fourth-order valence-electron chi connectivity index (χ4n) is 1.70. The van der Waals surface area contributed by atoms with E-state index in [1.807, 2.05) is 0 Å². The summed E-state index contributed by atoms with van der Waals surface area (Å²) in [5, 5.41) is 11.9. The highest BCUT2D eigenvalue weighted by atomic mass is 16.5. The molecule has 4 nitrogen and oxygen atoms in total. The minimum absolute atomic E-state index is 0.00926. The van der Waals surface area contributed by atoms with Crippen molar-refractivity contribution in [2.24, 2.45) is 0 Å². The van der Waals surface area contributed by atoms with Crippen LogP contribution in [0.25, 0.3) is 0 Å². The predicted octanol–water partition coefficient (Wildman–Crippen LogP) is 1.32. The third-order valence-electron chi connectivity index (χ3n) is 2.27. The van der Waals surface area contributed by atoms with E-state index >= 15 is 0 Å². The van der Waals surface area contributed by atoms with Crippen molar-refractivity contribution in [1.29, 1.82) is 0 Å². The predicted molar refractivity (Wildman–Crippen MR) is 39.2 cm³/mol. The van der Waals surface area contributed by atoms with Gasteiger partial charge in [-0.05, 0) is 19.3 Å². The van der Waals surface area contributed by atoms with Gasteiger partial charge in [0, 0.05) is 11.3 Å². The van der Waals surface area contributed by atoms with Crippen LogP contribution in [0.15, 0.2) is 11.4 Å². The van der Waals surface area contributed by atoms with E-state index in [4.69, 9.17) is 0 Å². The summed E-state index contributed by atoms with van der Waals surface area (Å²) in [6, 6.07) is 0. The molecular formula is C7H10N2O2. The van der Waals surface area contributed by atoms with E-state index in [-0.39, 0.29) is 6.67 Å². The molecule has 0 fully saturated rings. The normalized spacial score (nSPS) is 24.5. The van der Waals surface area contributed by atoms with Gasteiger partial charge >= 0.3 is 0 Å². The molecule has 60 valence electrons. The van der Waals surface area contributed by atoms with Gasteiger partial charge in [-0.15, -0.1) is 0 Å². The van der Waals surface area contributed by atoms with Crippen LogP contribution in [-0.4, -0.2) is 16.5 Å². The highest BCUT2D eigenvalue weighted by Crippen LogP contribution is 2.31. The molecule has 0 unspecified atom stereocenters. The first-order chi connectivity index (χ1) is 5.29. The van der Waals surface area contributed by atoms with Gasteiger partial charge in [0.25, 0.3) is 12.4 Å². The smallest absolute Gasteiger partial charge is 0.263 e. The Labute approximate surface area is 64.6 Å². The number of allylic oxidation sites excluding steroid dienone is 2. The van der Waals surface area contributed by atoms with Gasteiger partial charge in [0.2, 0.25) is 0 Å². The largest absolute Gasteiger partial charge is 0.754 e. The van der Waals surface area contributed by atoms with Crippen molar-refractivity contribution in [3.05, 3.63) is 21.5 Å². The number of nitroso groups, excluding NO2 is 1. The molecular weight excluding hydrogens is 144 g/mol. The minimum Gasteiger partial charge on any atom is -0.754 e. The number of nitrogens with zero attached hydrogens (tertiary/aromatic N) is 2. The molecule has 0 amide bonds. The van der Waals surface area contributed by atoms with Gasteiger partial charge in [-0.1, -0.05) is 0 Å². The summed E-state index contributed by atoms with van der Waals surface area (Å²) < 4.78 is 0.821. The Morgan fingerprint density at radius 3 is 2.82 bits per heavy atom. The number of hydroxylamine groups is 2. The Hall–Kier alpha value is -0.900. The molecule has 0 bridgehead atoms. The third-order valence-corrected chi connectivity index (χ3v) is 2.27. The lowest BCUT2D eigenvalue weighted by Gasteiger charge is -2.22. The van der Waals surface area contributed by atoms with Crippen molar-refractivity contribution in [2.45, 2.75) is 25.7 Å². The van der Waals surface area contributed by atoms with Crippen molar-refractivity contribution in [3.8, 4) is 0 Å². The molecule has 0 saturated carbocycles. The Kier molecular flexibility index (Phi) is 1.42. The summed E-state index contributed by atoms with van der Waals surface area (Å²) in [5.74, 6) is 0. The first-order valence-electron chi connectivity index (χ1n) is 3.90. The zero-order valence-corrected chi connectivity index (χ0v) is 6.25. The number of hydrogen-bond acceptors (Lipinski definition) is 3. The second-order valence-electron chi connectivity index (χ2n) is 3.00. The maximum Gasteiger partial charge on any atom is 0.263 e. The molecule has 1 aliphatic carbocycles. The lowest BCUT2D eigenvalue weighted by atomic mass is 10.0. The summed E-state index contributed by atoms with van der Waals surface area (Å²) in [7, 11) is 0. The average Bonchev–Trinajstić information content (AvgIpc) is 2.30. The Bertz CT molecular complexity index is 235. The summed E-state index contributed by atoms with van der Waals surface area (Å²) in [5.41, 5.74) is 1.46. The molecule has 2 aliphatic rings. The van der Waals surface area contributed by atoms with Crippen molar-refractivity contribution >= 4 is 0 Å². The van der Waals surface area contributed by atoms with E-state index in [2.05, 4.69) is 0 Å². The van der Waals surface area contributed by atoms with Crippen molar-refractivity contribution in [3.63, 3.8) is 0 Å². The van der Waals surface area contributed by atoms with Crippen LogP contribution < -0.4 is 0 Å². The van der Waals surface area contributed by atoms with Crippen LogP contribution in [-0.2, 0) is 0 Å². The van der Waals surface area contributed by atoms with Crippen molar-refractivity contribution < 1.29 is 4.76 Å². The minimum atomic E-state index is -0.00926. The van der Waals surface area contributed by atoms with E-state index in [1.165, 1.54) is 0 Å². The van der Waals surface area contributed by atoms with Crippen LogP contribution >= 0.6 is 0 Å². The van der Waals surface area contributed by atoms with Crippen LogP contribution in [0, 0.1) is 10.1 Å². The first kappa shape index (κ1) is 6.79. The highest BCUT2D eigenvalue weighted by molar-refractivity contribution is 5.12. The highest BCUT2D eigenvalue weighted by Gasteiger charge is 2.33. The van der Waals surface area contributed by atoms with E-state index in [1.54, 1.807) is 0 Å². The standard InChI is InChI=1S/C7H10N2O2/c10-8-5-9(11)7-4-2-1-3-6(7)8/h1-5H2. The SMILES string of the molecule is O=[N+]1CN([O-])C2=C1CCCC2. The van der Waals surface area contributed by atoms with Gasteiger partial charge in [0.15, 0.2) is 0 Å². The monoisotopic (exact) mass is 154 g/mol. The molecule has 11 heavy (non-hydrogen) atoms. The average molecular weight is 154 g/mol. The molecule has 0 radical (unpaired) electrons. The molecule has 0 atom stereocenters. The van der Waals surface area contributed by atoms with E-state index in [0.29, 0.717) is 0 Å². The van der Waals surface area contributed by atoms with Gasteiger partial charge < -0.3 is 10.3 Å². The summed E-state index contributed by atoms with van der Waals surface area (Å²) in [6.07, 6.45) is 3.67. The fourth-order valence-corrected chi connectivity index (χ4v) is 1.70.